The summed E-state index contributed by atoms with van der Waals surface area (Å²) >= 11 is 0. The van der Waals surface area contributed by atoms with Crippen molar-refractivity contribution in [2.24, 2.45) is 17.8 Å². The molecule has 0 aromatic rings. The van der Waals surface area contributed by atoms with Gasteiger partial charge in [0.15, 0.2) is 0 Å². The second kappa shape index (κ2) is 8.14. The van der Waals surface area contributed by atoms with Crippen molar-refractivity contribution in [2.45, 2.75) is 71.9 Å². The fraction of sp³-hybridized carbons (Fsp3) is 0.941. The zero-order valence-corrected chi connectivity index (χ0v) is 14.3. The predicted octanol–water partition coefficient (Wildman–Crippen LogP) is 3.31. The molecule has 1 saturated carbocycles. The minimum absolute atomic E-state index is 0.191. The molecule has 0 amide bonds. The van der Waals surface area contributed by atoms with Crippen LogP contribution in [0.3, 0.4) is 0 Å². The quantitative estimate of drug-likeness (QED) is 0.722. The lowest BCUT2D eigenvalue weighted by Crippen LogP contribution is -2.54. The number of hydrogen-bond donors (Lipinski definition) is 2. The van der Waals surface area contributed by atoms with Gasteiger partial charge in [-0.05, 0) is 50.5 Å². The zero-order valence-electron chi connectivity index (χ0n) is 14.3. The molecule has 4 nitrogen and oxygen atoms in total. The molecule has 0 bridgehead atoms. The van der Waals surface area contributed by atoms with E-state index in [-0.39, 0.29) is 12.7 Å². The lowest BCUT2D eigenvalue weighted by atomic mass is 9.75. The highest BCUT2D eigenvalue weighted by Crippen LogP contribution is 2.35. The van der Waals surface area contributed by atoms with Crippen LogP contribution in [0.5, 0.6) is 0 Å². The Balaban J connectivity index is 2.65. The summed E-state index contributed by atoms with van der Waals surface area (Å²) in [6, 6.07) is 0. The Bertz CT molecular complexity index is 332. The standard InChI is InChI=1S/C17H33NO3/c1-6-9-18-17(5,16(19)20)11-21-15-10-13(4)7-8-14(15)12(2)3/h12-15,18H,6-11H2,1-5H3,(H,19,20). The maximum absolute atomic E-state index is 11.5. The Morgan fingerprint density at radius 3 is 2.62 bits per heavy atom. The van der Waals surface area contributed by atoms with Gasteiger partial charge < -0.3 is 15.2 Å². The molecule has 0 radical (unpaired) electrons. The number of carbonyl (C=O) groups is 1. The number of carboxylic acids is 1. The summed E-state index contributed by atoms with van der Waals surface area (Å²) in [5.74, 6) is 0.971. The van der Waals surface area contributed by atoms with Gasteiger partial charge in [-0.25, -0.2) is 0 Å². The molecule has 124 valence electrons. The molecular formula is C17H33NO3. The van der Waals surface area contributed by atoms with E-state index in [1.54, 1.807) is 6.92 Å². The highest BCUT2D eigenvalue weighted by atomic mass is 16.5. The van der Waals surface area contributed by atoms with Crippen LogP contribution >= 0.6 is 0 Å². The van der Waals surface area contributed by atoms with E-state index in [4.69, 9.17) is 4.74 Å². The smallest absolute Gasteiger partial charge is 0.326 e. The fourth-order valence-electron chi connectivity index (χ4n) is 3.17. The van der Waals surface area contributed by atoms with Gasteiger partial charge in [-0.1, -0.05) is 34.1 Å². The highest BCUT2D eigenvalue weighted by molar-refractivity contribution is 5.78. The first-order valence-corrected chi connectivity index (χ1v) is 8.40. The van der Waals surface area contributed by atoms with Crippen LogP contribution in [-0.4, -0.2) is 35.9 Å². The number of carboxylic acid groups (broad SMARTS) is 1. The van der Waals surface area contributed by atoms with Gasteiger partial charge in [0.05, 0.1) is 12.7 Å². The molecule has 4 heteroatoms. The topological polar surface area (TPSA) is 58.6 Å². The van der Waals surface area contributed by atoms with Crippen molar-refractivity contribution in [3.63, 3.8) is 0 Å². The summed E-state index contributed by atoms with van der Waals surface area (Å²) < 4.78 is 6.11. The number of aliphatic carboxylic acids is 1. The number of ether oxygens (including phenoxy) is 1. The molecule has 4 atom stereocenters. The summed E-state index contributed by atoms with van der Waals surface area (Å²) in [4.78, 5) is 11.5. The molecule has 0 saturated heterocycles. The van der Waals surface area contributed by atoms with Crippen LogP contribution in [0.1, 0.15) is 60.3 Å². The van der Waals surface area contributed by atoms with Gasteiger partial charge in [-0.2, -0.15) is 0 Å². The second-order valence-corrected chi connectivity index (χ2v) is 7.24. The minimum atomic E-state index is -0.988. The molecule has 1 rings (SSSR count). The van der Waals surface area contributed by atoms with Crippen molar-refractivity contribution in [1.29, 1.82) is 0 Å². The molecule has 1 fully saturated rings. The van der Waals surface area contributed by atoms with Gasteiger partial charge in [-0.15, -0.1) is 0 Å². The van der Waals surface area contributed by atoms with E-state index >= 15 is 0 Å². The monoisotopic (exact) mass is 299 g/mol. The minimum Gasteiger partial charge on any atom is -0.480 e. The first kappa shape index (κ1) is 18.4. The van der Waals surface area contributed by atoms with Crippen LogP contribution in [0.25, 0.3) is 0 Å². The van der Waals surface area contributed by atoms with Crippen molar-refractivity contribution < 1.29 is 14.6 Å². The van der Waals surface area contributed by atoms with Crippen molar-refractivity contribution in [3.8, 4) is 0 Å². The van der Waals surface area contributed by atoms with Crippen molar-refractivity contribution in [3.05, 3.63) is 0 Å². The van der Waals surface area contributed by atoms with Crippen LogP contribution in [0.4, 0.5) is 0 Å². The Labute approximate surface area is 129 Å². The van der Waals surface area contributed by atoms with Gasteiger partial charge in [0.25, 0.3) is 0 Å². The van der Waals surface area contributed by atoms with Gasteiger partial charge in [0.2, 0.25) is 0 Å². The molecule has 1 aliphatic rings. The molecule has 0 heterocycles. The Hall–Kier alpha value is -0.610. The van der Waals surface area contributed by atoms with Crippen molar-refractivity contribution in [2.75, 3.05) is 13.2 Å². The molecule has 2 N–H and O–H groups in total. The van der Waals surface area contributed by atoms with E-state index < -0.39 is 11.5 Å². The summed E-state index contributed by atoms with van der Waals surface area (Å²) in [5, 5.41) is 12.6. The summed E-state index contributed by atoms with van der Waals surface area (Å²) in [5.41, 5.74) is -0.988. The van der Waals surface area contributed by atoms with Crippen LogP contribution in [0, 0.1) is 17.8 Å². The molecule has 0 aliphatic heterocycles. The van der Waals surface area contributed by atoms with Gasteiger partial charge in [0.1, 0.15) is 5.54 Å². The van der Waals surface area contributed by atoms with Gasteiger partial charge in [0, 0.05) is 0 Å². The average Bonchev–Trinajstić information content (AvgIpc) is 2.42. The number of hydrogen-bond acceptors (Lipinski definition) is 3. The SMILES string of the molecule is CCCNC(C)(COC1CC(C)CCC1C(C)C)C(=O)O. The van der Waals surface area contributed by atoms with E-state index in [2.05, 4.69) is 26.1 Å². The molecule has 0 aromatic carbocycles. The van der Waals surface area contributed by atoms with E-state index in [0.29, 0.717) is 24.3 Å². The Morgan fingerprint density at radius 1 is 1.43 bits per heavy atom. The first-order valence-electron chi connectivity index (χ1n) is 8.40. The van der Waals surface area contributed by atoms with Crippen molar-refractivity contribution >= 4 is 5.97 Å². The van der Waals surface area contributed by atoms with Crippen LogP contribution < -0.4 is 5.32 Å². The third kappa shape index (κ3) is 5.26. The molecule has 1 aliphatic carbocycles. The molecular weight excluding hydrogens is 266 g/mol. The maximum atomic E-state index is 11.5. The number of nitrogens with one attached hydrogen (secondary N) is 1. The molecule has 4 unspecified atom stereocenters. The number of rotatable bonds is 8. The molecule has 0 aromatic heterocycles. The third-order valence-corrected chi connectivity index (χ3v) is 4.78. The highest BCUT2D eigenvalue weighted by Gasteiger charge is 2.37. The van der Waals surface area contributed by atoms with Crippen LogP contribution in [0.15, 0.2) is 0 Å². The largest absolute Gasteiger partial charge is 0.480 e. The van der Waals surface area contributed by atoms with E-state index in [9.17, 15) is 9.90 Å². The van der Waals surface area contributed by atoms with Gasteiger partial charge >= 0.3 is 5.97 Å². The van der Waals surface area contributed by atoms with E-state index in [0.717, 1.165) is 12.8 Å². The maximum Gasteiger partial charge on any atom is 0.326 e. The van der Waals surface area contributed by atoms with Crippen LogP contribution in [0.2, 0.25) is 0 Å². The fourth-order valence-corrected chi connectivity index (χ4v) is 3.17. The van der Waals surface area contributed by atoms with Crippen LogP contribution in [-0.2, 0) is 9.53 Å². The predicted molar refractivity (Wildman–Crippen MR) is 85.4 cm³/mol. The second-order valence-electron chi connectivity index (χ2n) is 7.24. The van der Waals surface area contributed by atoms with Gasteiger partial charge in [-0.3, -0.25) is 4.79 Å². The Morgan fingerprint density at radius 2 is 2.10 bits per heavy atom. The summed E-state index contributed by atoms with van der Waals surface area (Å²) in [7, 11) is 0. The summed E-state index contributed by atoms with van der Waals surface area (Å²) in [6.45, 7) is 11.4. The normalized spacial score (nSPS) is 29.3. The lowest BCUT2D eigenvalue weighted by molar-refractivity contribution is -0.149. The van der Waals surface area contributed by atoms with E-state index in [1.165, 1.54) is 12.8 Å². The Kier molecular flexibility index (Phi) is 7.14. The van der Waals surface area contributed by atoms with Crippen molar-refractivity contribution in [1.82, 2.24) is 5.32 Å². The summed E-state index contributed by atoms with van der Waals surface area (Å²) in [6.07, 6.45) is 4.60. The molecule has 0 spiro atoms. The lowest BCUT2D eigenvalue weighted by Gasteiger charge is -2.39. The molecule has 21 heavy (non-hydrogen) atoms. The first-order chi connectivity index (χ1) is 9.80. The van der Waals surface area contributed by atoms with E-state index in [1.807, 2.05) is 6.92 Å². The average molecular weight is 299 g/mol. The zero-order chi connectivity index (χ0) is 16.0. The third-order valence-electron chi connectivity index (χ3n) is 4.78.